The minimum absolute atomic E-state index is 0.453. The van der Waals surface area contributed by atoms with Crippen molar-refractivity contribution < 1.29 is 9.73 Å². The first-order valence-corrected chi connectivity index (χ1v) is 8.19. The molecule has 0 aliphatic carbocycles. The molecule has 0 radical (unpaired) electrons. The second-order valence-corrected chi connectivity index (χ2v) is 6.43. The first kappa shape index (κ1) is 14.4. The third-order valence-corrected chi connectivity index (χ3v) is 4.78. The number of thiophene rings is 1. The number of rotatable bonds is 5. The number of hydrogen-bond donors (Lipinski definition) is 1. The average Bonchev–Trinajstić information content (AvgIpc) is 3.17. The van der Waals surface area contributed by atoms with Crippen molar-refractivity contribution in [3.63, 3.8) is 0 Å². The predicted molar refractivity (Wildman–Crippen MR) is 87.5 cm³/mol. The van der Waals surface area contributed by atoms with E-state index in [1.165, 1.54) is 4.88 Å². The molecule has 2 heterocycles. The fraction of sp³-hybridized carbons (Fsp3) is 0.176. The normalized spacial score (nSPS) is 12.5. The molecule has 0 aliphatic heterocycles. The average molecular weight is 319 g/mol. The molecule has 2 aromatic heterocycles. The van der Waals surface area contributed by atoms with E-state index in [0.29, 0.717) is 6.04 Å². The zero-order chi connectivity index (χ0) is 14.7. The van der Waals surface area contributed by atoms with E-state index in [2.05, 4.69) is 29.8 Å². The Morgan fingerprint density at radius 3 is 2.67 bits per heavy atom. The van der Waals surface area contributed by atoms with E-state index in [1.54, 1.807) is 11.3 Å². The number of hydrogen-bond acceptors (Lipinski definition) is 2. The van der Waals surface area contributed by atoms with Crippen molar-refractivity contribution in [3.8, 4) is 11.3 Å². The standard InChI is InChI=1S/C17H16ClNOS/c1-12(17-3-2-10-21-17)19-11-15-8-9-16(20-15)13-4-6-14(18)7-5-13/h2-10,12,19H,11H2,1H3/p+1/t12-/m0/s1. The number of nitrogens with two attached hydrogens (primary N) is 1. The van der Waals surface area contributed by atoms with Crippen LogP contribution in [0, 0.1) is 0 Å². The highest BCUT2D eigenvalue weighted by molar-refractivity contribution is 7.10. The van der Waals surface area contributed by atoms with E-state index in [-0.39, 0.29) is 0 Å². The fourth-order valence-corrected chi connectivity index (χ4v) is 3.12. The Morgan fingerprint density at radius 2 is 1.95 bits per heavy atom. The van der Waals surface area contributed by atoms with Crippen LogP contribution in [-0.4, -0.2) is 0 Å². The van der Waals surface area contributed by atoms with E-state index >= 15 is 0 Å². The van der Waals surface area contributed by atoms with Gasteiger partial charge in [0.25, 0.3) is 0 Å². The third kappa shape index (κ3) is 3.56. The molecule has 3 rings (SSSR count). The Balaban J connectivity index is 1.64. The zero-order valence-corrected chi connectivity index (χ0v) is 13.3. The summed E-state index contributed by atoms with van der Waals surface area (Å²) in [6, 6.07) is 16.5. The molecule has 0 unspecified atom stereocenters. The van der Waals surface area contributed by atoms with Crippen molar-refractivity contribution in [2.75, 3.05) is 0 Å². The molecule has 0 spiro atoms. The smallest absolute Gasteiger partial charge is 0.158 e. The second-order valence-electron chi connectivity index (χ2n) is 5.02. The molecule has 108 valence electrons. The third-order valence-electron chi connectivity index (χ3n) is 3.45. The van der Waals surface area contributed by atoms with Gasteiger partial charge in [0.1, 0.15) is 18.3 Å². The van der Waals surface area contributed by atoms with E-state index in [1.807, 2.05) is 36.4 Å². The molecule has 0 aliphatic rings. The Hall–Kier alpha value is -1.55. The summed E-state index contributed by atoms with van der Waals surface area (Å²) in [6.45, 7) is 3.06. The van der Waals surface area contributed by atoms with Crippen molar-refractivity contribution in [1.82, 2.24) is 0 Å². The van der Waals surface area contributed by atoms with Crippen molar-refractivity contribution in [2.24, 2.45) is 0 Å². The van der Waals surface area contributed by atoms with Gasteiger partial charge in [-0.25, -0.2) is 0 Å². The van der Waals surface area contributed by atoms with Crippen LogP contribution in [0.15, 0.2) is 58.3 Å². The summed E-state index contributed by atoms with van der Waals surface area (Å²) in [5.74, 6) is 1.88. The summed E-state index contributed by atoms with van der Waals surface area (Å²) in [4.78, 5) is 1.39. The Bertz CT molecular complexity index is 688. The summed E-state index contributed by atoms with van der Waals surface area (Å²) < 4.78 is 5.91. The van der Waals surface area contributed by atoms with Crippen LogP contribution in [-0.2, 0) is 6.54 Å². The minimum atomic E-state index is 0.453. The molecule has 0 bridgehead atoms. The quantitative estimate of drug-likeness (QED) is 0.738. The molecule has 4 heteroatoms. The summed E-state index contributed by atoms with van der Waals surface area (Å²) in [5, 5.41) is 5.14. The molecule has 0 saturated heterocycles. The van der Waals surface area contributed by atoms with Gasteiger partial charge >= 0.3 is 0 Å². The lowest BCUT2D eigenvalue weighted by atomic mass is 10.2. The maximum Gasteiger partial charge on any atom is 0.158 e. The van der Waals surface area contributed by atoms with Crippen LogP contribution >= 0.6 is 22.9 Å². The van der Waals surface area contributed by atoms with Crippen LogP contribution in [0.2, 0.25) is 5.02 Å². The largest absolute Gasteiger partial charge is 0.455 e. The molecular weight excluding hydrogens is 302 g/mol. The summed E-state index contributed by atoms with van der Waals surface area (Å²) in [7, 11) is 0. The van der Waals surface area contributed by atoms with Gasteiger partial charge in [-0.3, -0.25) is 0 Å². The Morgan fingerprint density at radius 1 is 1.14 bits per heavy atom. The maximum atomic E-state index is 5.91. The van der Waals surface area contributed by atoms with Crippen molar-refractivity contribution in [1.29, 1.82) is 0 Å². The van der Waals surface area contributed by atoms with Crippen LogP contribution in [0.3, 0.4) is 0 Å². The lowest BCUT2D eigenvalue weighted by molar-refractivity contribution is -0.708. The molecule has 1 atom stereocenters. The van der Waals surface area contributed by atoms with E-state index in [4.69, 9.17) is 16.0 Å². The van der Waals surface area contributed by atoms with Gasteiger partial charge in [-0.2, -0.15) is 0 Å². The van der Waals surface area contributed by atoms with Crippen LogP contribution in [0.5, 0.6) is 0 Å². The lowest BCUT2D eigenvalue weighted by Crippen LogP contribution is -2.82. The summed E-state index contributed by atoms with van der Waals surface area (Å²) in [6.07, 6.45) is 0. The van der Waals surface area contributed by atoms with E-state index in [9.17, 15) is 0 Å². The molecule has 3 aromatic rings. The van der Waals surface area contributed by atoms with Crippen LogP contribution < -0.4 is 5.32 Å². The molecule has 2 N–H and O–H groups in total. The Labute approximate surface area is 133 Å². The number of benzene rings is 1. The molecule has 0 fully saturated rings. The van der Waals surface area contributed by atoms with Crippen molar-refractivity contribution in [3.05, 3.63) is 69.6 Å². The Kier molecular flexibility index (Phi) is 4.44. The summed E-state index contributed by atoms with van der Waals surface area (Å²) >= 11 is 7.70. The topological polar surface area (TPSA) is 29.8 Å². The molecular formula is C17H17ClNOS+. The van der Waals surface area contributed by atoms with E-state index < -0.39 is 0 Å². The van der Waals surface area contributed by atoms with Gasteiger partial charge in [0.15, 0.2) is 5.76 Å². The first-order valence-electron chi connectivity index (χ1n) is 6.94. The monoisotopic (exact) mass is 318 g/mol. The lowest BCUT2D eigenvalue weighted by Gasteiger charge is -2.07. The minimum Gasteiger partial charge on any atom is -0.455 e. The maximum absolute atomic E-state index is 5.91. The van der Waals surface area contributed by atoms with Gasteiger partial charge in [-0.1, -0.05) is 17.7 Å². The van der Waals surface area contributed by atoms with Crippen LogP contribution in [0.4, 0.5) is 0 Å². The van der Waals surface area contributed by atoms with Crippen molar-refractivity contribution >= 4 is 22.9 Å². The SMILES string of the molecule is C[C@H]([NH2+]Cc1ccc(-c2ccc(Cl)cc2)o1)c1cccs1. The fourth-order valence-electron chi connectivity index (χ4n) is 2.22. The summed E-state index contributed by atoms with van der Waals surface area (Å²) in [5.41, 5.74) is 1.05. The van der Waals surface area contributed by atoms with Gasteiger partial charge in [0.05, 0.1) is 4.88 Å². The van der Waals surface area contributed by atoms with Gasteiger partial charge in [-0.05, 0) is 54.8 Å². The molecule has 1 aromatic carbocycles. The van der Waals surface area contributed by atoms with Gasteiger partial charge in [0, 0.05) is 10.6 Å². The molecule has 21 heavy (non-hydrogen) atoms. The second kappa shape index (κ2) is 6.48. The van der Waals surface area contributed by atoms with Gasteiger partial charge in [-0.15, -0.1) is 11.3 Å². The molecule has 2 nitrogen and oxygen atoms in total. The van der Waals surface area contributed by atoms with Crippen molar-refractivity contribution in [2.45, 2.75) is 19.5 Å². The highest BCUT2D eigenvalue weighted by atomic mass is 35.5. The van der Waals surface area contributed by atoms with Gasteiger partial charge in [0.2, 0.25) is 0 Å². The number of halogens is 1. The predicted octanol–water partition coefficient (Wildman–Crippen LogP) is 4.49. The highest BCUT2D eigenvalue weighted by Crippen LogP contribution is 2.23. The van der Waals surface area contributed by atoms with E-state index in [0.717, 1.165) is 28.7 Å². The van der Waals surface area contributed by atoms with Crippen LogP contribution in [0.1, 0.15) is 23.6 Å². The zero-order valence-electron chi connectivity index (χ0n) is 11.8. The highest BCUT2D eigenvalue weighted by Gasteiger charge is 2.11. The number of quaternary nitrogens is 1. The number of furan rings is 1. The first-order chi connectivity index (χ1) is 10.2. The molecule has 0 saturated carbocycles. The van der Waals surface area contributed by atoms with Crippen LogP contribution in [0.25, 0.3) is 11.3 Å². The molecule has 0 amide bonds. The van der Waals surface area contributed by atoms with Gasteiger partial charge < -0.3 is 9.73 Å².